The van der Waals surface area contributed by atoms with Crippen LogP contribution >= 0.6 is 22.6 Å². The summed E-state index contributed by atoms with van der Waals surface area (Å²) in [6.07, 6.45) is 0. The van der Waals surface area contributed by atoms with E-state index >= 15 is 0 Å². The van der Waals surface area contributed by atoms with Gasteiger partial charge in [-0.25, -0.2) is 4.79 Å². The molecule has 0 fully saturated rings. The number of aromatic nitrogens is 2. The van der Waals surface area contributed by atoms with Crippen LogP contribution in [0.4, 0.5) is 0 Å². The van der Waals surface area contributed by atoms with E-state index < -0.39 is 5.97 Å². The van der Waals surface area contributed by atoms with Crippen molar-refractivity contribution in [2.24, 2.45) is 0 Å². The average molecular weight is 436 g/mol. The lowest BCUT2D eigenvalue weighted by molar-refractivity contribution is 0.0429. The highest BCUT2D eigenvalue weighted by Gasteiger charge is 2.12. The molecule has 0 radical (unpaired) electrons. The Kier molecular flexibility index (Phi) is 5.09. The molecule has 3 aromatic rings. The number of nitrogens with zero attached hydrogens (tertiary/aromatic N) is 2. The minimum absolute atomic E-state index is 0.0759. The van der Waals surface area contributed by atoms with Gasteiger partial charge in [0.05, 0.1) is 12.7 Å². The van der Waals surface area contributed by atoms with Crippen molar-refractivity contribution in [2.75, 3.05) is 7.11 Å². The molecule has 1 heterocycles. The van der Waals surface area contributed by atoms with Crippen LogP contribution in [0.3, 0.4) is 0 Å². The Labute approximate surface area is 151 Å². The fourth-order valence-electron chi connectivity index (χ4n) is 2.00. The van der Waals surface area contributed by atoms with Crippen molar-refractivity contribution in [1.82, 2.24) is 10.1 Å². The molecule has 0 aliphatic heterocycles. The van der Waals surface area contributed by atoms with Gasteiger partial charge in [-0.2, -0.15) is 4.98 Å². The highest BCUT2D eigenvalue weighted by atomic mass is 127. The molecule has 1 aromatic heterocycles. The predicted octanol–water partition coefficient (Wildman–Crippen LogP) is 3.71. The maximum Gasteiger partial charge on any atom is 0.338 e. The molecule has 0 atom stereocenters. The molecule has 24 heavy (non-hydrogen) atoms. The molecule has 0 N–H and O–H groups in total. The second-order valence-electron chi connectivity index (χ2n) is 4.83. The topological polar surface area (TPSA) is 74.5 Å². The Bertz CT molecular complexity index is 846. The van der Waals surface area contributed by atoms with Crippen molar-refractivity contribution < 1.29 is 18.8 Å². The summed E-state index contributed by atoms with van der Waals surface area (Å²) in [5, 5.41) is 3.89. The molecule has 0 amide bonds. The molecule has 0 aliphatic rings. The lowest BCUT2D eigenvalue weighted by Gasteiger charge is -2.02. The average Bonchev–Trinajstić information content (AvgIpc) is 3.09. The maximum atomic E-state index is 12.0. The third kappa shape index (κ3) is 3.91. The number of ether oxygens (including phenoxy) is 2. The van der Waals surface area contributed by atoms with Gasteiger partial charge < -0.3 is 14.0 Å². The predicted molar refractivity (Wildman–Crippen MR) is 94.6 cm³/mol. The highest BCUT2D eigenvalue weighted by molar-refractivity contribution is 14.1. The Hall–Kier alpha value is -2.42. The number of hydrogen-bond acceptors (Lipinski definition) is 6. The minimum atomic E-state index is -0.433. The van der Waals surface area contributed by atoms with Crippen molar-refractivity contribution in [1.29, 1.82) is 0 Å². The van der Waals surface area contributed by atoms with E-state index in [4.69, 9.17) is 14.0 Å². The van der Waals surface area contributed by atoms with Crippen LogP contribution in [-0.4, -0.2) is 23.2 Å². The second kappa shape index (κ2) is 7.43. The Morgan fingerprint density at radius 2 is 2.00 bits per heavy atom. The molecule has 3 rings (SSSR count). The molecule has 6 nitrogen and oxygen atoms in total. The monoisotopic (exact) mass is 436 g/mol. The number of methoxy groups -OCH3 is 1. The first-order valence-electron chi connectivity index (χ1n) is 7.05. The number of benzene rings is 2. The van der Waals surface area contributed by atoms with Gasteiger partial charge in [-0.05, 0) is 65.1 Å². The van der Waals surface area contributed by atoms with Gasteiger partial charge in [-0.15, -0.1) is 0 Å². The molecule has 0 aliphatic carbocycles. The van der Waals surface area contributed by atoms with Crippen LogP contribution in [-0.2, 0) is 11.3 Å². The molecule has 0 bridgehead atoms. The smallest absolute Gasteiger partial charge is 0.338 e. The zero-order valence-electron chi connectivity index (χ0n) is 12.7. The molecule has 122 valence electrons. The van der Waals surface area contributed by atoms with E-state index in [9.17, 15) is 4.79 Å². The second-order valence-corrected chi connectivity index (χ2v) is 6.07. The van der Waals surface area contributed by atoms with E-state index in [1.165, 1.54) is 0 Å². The van der Waals surface area contributed by atoms with Crippen LogP contribution in [0.5, 0.6) is 5.75 Å². The van der Waals surface area contributed by atoms with Gasteiger partial charge in [-0.3, -0.25) is 0 Å². The van der Waals surface area contributed by atoms with E-state index in [1.807, 2.05) is 30.3 Å². The first kappa shape index (κ1) is 16.4. The lowest BCUT2D eigenvalue weighted by Crippen LogP contribution is -2.05. The molecular weight excluding hydrogens is 423 g/mol. The van der Waals surface area contributed by atoms with Crippen LogP contribution in [0.15, 0.2) is 53.1 Å². The SMILES string of the molecule is COc1ccc(-c2noc(COC(=O)c3cccc(I)c3)n2)cc1. The van der Waals surface area contributed by atoms with E-state index in [1.54, 1.807) is 25.3 Å². The normalized spacial score (nSPS) is 10.4. The summed E-state index contributed by atoms with van der Waals surface area (Å²) in [6.45, 7) is -0.0759. The van der Waals surface area contributed by atoms with Crippen LogP contribution in [0.25, 0.3) is 11.4 Å². The number of esters is 1. The quantitative estimate of drug-likeness (QED) is 0.449. The van der Waals surface area contributed by atoms with Crippen molar-refractivity contribution in [3.8, 4) is 17.1 Å². The van der Waals surface area contributed by atoms with Crippen molar-refractivity contribution in [3.63, 3.8) is 0 Å². The van der Waals surface area contributed by atoms with Crippen LogP contribution in [0.1, 0.15) is 16.2 Å². The van der Waals surface area contributed by atoms with Gasteiger partial charge in [0.15, 0.2) is 6.61 Å². The van der Waals surface area contributed by atoms with E-state index in [2.05, 4.69) is 32.7 Å². The van der Waals surface area contributed by atoms with Gasteiger partial charge >= 0.3 is 5.97 Å². The van der Waals surface area contributed by atoms with Crippen molar-refractivity contribution >= 4 is 28.6 Å². The van der Waals surface area contributed by atoms with Gasteiger partial charge in [-0.1, -0.05) is 11.2 Å². The van der Waals surface area contributed by atoms with Crippen LogP contribution < -0.4 is 4.74 Å². The molecule has 7 heteroatoms. The zero-order valence-corrected chi connectivity index (χ0v) is 14.9. The molecule has 0 unspecified atom stereocenters. The number of halogens is 1. The fraction of sp³-hybridized carbons (Fsp3) is 0.118. The summed E-state index contributed by atoms with van der Waals surface area (Å²) in [5.41, 5.74) is 1.27. The van der Waals surface area contributed by atoms with E-state index in [0.717, 1.165) is 14.9 Å². The molecular formula is C17H13IN2O4. The number of carbonyl (C=O) groups excluding carboxylic acids is 1. The number of rotatable bonds is 5. The third-order valence-electron chi connectivity index (χ3n) is 3.20. The third-order valence-corrected chi connectivity index (χ3v) is 3.87. The van der Waals surface area contributed by atoms with E-state index in [0.29, 0.717) is 11.4 Å². The fourth-order valence-corrected chi connectivity index (χ4v) is 2.54. The molecule has 0 saturated carbocycles. The number of hydrogen-bond donors (Lipinski definition) is 0. The summed E-state index contributed by atoms with van der Waals surface area (Å²) in [6, 6.07) is 14.4. The summed E-state index contributed by atoms with van der Waals surface area (Å²) >= 11 is 2.14. The van der Waals surface area contributed by atoms with Crippen LogP contribution in [0.2, 0.25) is 0 Å². The van der Waals surface area contributed by atoms with E-state index in [-0.39, 0.29) is 12.5 Å². The first-order valence-corrected chi connectivity index (χ1v) is 8.13. The first-order chi connectivity index (χ1) is 11.7. The van der Waals surface area contributed by atoms with Gasteiger partial charge in [0.2, 0.25) is 5.82 Å². The summed E-state index contributed by atoms with van der Waals surface area (Å²) in [5.74, 6) is 0.976. The summed E-state index contributed by atoms with van der Waals surface area (Å²) in [7, 11) is 1.60. The Morgan fingerprint density at radius 1 is 1.21 bits per heavy atom. The Balaban J connectivity index is 1.64. The lowest BCUT2D eigenvalue weighted by atomic mass is 10.2. The largest absolute Gasteiger partial charge is 0.497 e. The van der Waals surface area contributed by atoms with Crippen LogP contribution in [0, 0.1) is 3.57 Å². The maximum absolute atomic E-state index is 12.0. The molecule has 0 saturated heterocycles. The van der Waals surface area contributed by atoms with Crippen molar-refractivity contribution in [2.45, 2.75) is 6.61 Å². The van der Waals surface area contributed by atoms with Gasteiger partial charge in [0.1, 0.15) is 5.75 Å². The van der Waals surface area contributed by atoms with Gasteiger partial charge in [0, 0.05) is 9.13 Å². The van der Waals surface area contributed by atoms with Gasteiger partial charge in [0.25, 0.3) is 5.89 Å². The molecule has 2 aromatic carbocycles. The zero-order chi connectivity index (χ0) is 16.9. The summed E-state index contributed by atoms with van der Waals surface area (Å²) < 4.78 is 16.4. The van der Waals surface area contributed by atoms with Crippen molar-refractivity contribution in [3.05, 3.63) is 63.6 Å². The summed E-state index contributed by atoms with van der Waals surface area (Å²) in [4.78, 5) is 16.2. The number of carbonyl (C=O) groups is 1. The highest BCUT2D eigenvalue weighted by Crippen LogP contribution is 2.20. The minimum Gasteiger partial charge on any atom is -0.497 e. The molecule has 0 spiro atoms. The Morgan fingerprint density at radius 3 is 2.71 bits per heavy atom. The standard InChI is InChI=1S/C17H13IN2O4/c1-22-14-7-5-11(6-8-14)16-19-15(24-20-16)10-23-17(21)12-3-2-4-13(18)9-12/h2-9H,10H2,1H3.